The molecule has 0 radical (unpaired) electrons. The number of ether oxygens (including phenoxy) is 1. The monoisotopic (exact) mass is 437 g/mol. The number of nitrogens with zero attached hydrogens (tertiary/aromatic N) is 1. The average molecular weight is 438 g/mol. The number of halogens is 1. The minimum absolute atomic E-state index is 0.101. The first-order valence-electron chi connectivity index (χ1n) is 8.95. The van der Waals surface area contributed by atoms with Crippen molar-refractivity contribution in [2.24, 2.45) is 0 Å². The number of thiocarbonyl (C=S) groups is 1. The first-order valence-corrected chi connectivity index (χ1v) is 10.2. The number of hydrogen-bond donors (Lipinski definition) is 2. The van der Waals surface area contributed by atoms with E-state index in [1.165, 1.54) is 24.3 Å². The molecule has 30 heavy (non-hydrogen) atoms. The van der Waals surface area contributed by atoms with Gasteiger partial charge in [0.05, 0.1) is 23.0 Å². The zero-order chi connectivity index (χ0) is 21.1. The third-order valence-corrected chi connectivity index (χ3v) is 5.61. The van der Waals surface area contributed by atoms with E-state index in [-0.39, 0.29) is 5.11 Å². The van der Waals surface area contributed by atoms with Gasteiger partial charge in [0.25, 0.3) is 5.91 Å². The molecule has 150 valence electrons. The number of carbonyl (C=O) groups is 1. The van der Waals surface area contributed by atoms with Gasteiger partial charge >= 0.3 is 0 Å². The number of anilines is 1. The maximum atomic E-state index is 13.0. The van der Waals surface area contributed by atoms with Crippen molar-refractivity contribution in [3.05, 3.63) is 78.1 Å². The molecule has 1 heterocycles. The van der Waals surface area contributed by atoms with E-state index in [0.29, 0.717) is 17.0 Å². The minimum atomic E-state index is -0.436. The van der Waals surface area contributed by atoms with Gasteiger partial charge in [-0.05, 0) is 66.8 Å². The van der Waals surface area contributed by atoms with Gasteiger partial charge in [-0.1, -0.05) is 12.1 Å². The molecule has 0 bridgehead atoms. The smallest absolute Gasteiger partial charge is 0.257 e. The molecule has 1 amide bonds. The van der Waals surface area contributed by atoms with Gasteiger partial charge in [0.1, 0.15) is 16.6 Å². The zero-order valence-corrected chi connectivity index (χ0v) is 17.4. The third-order valence-electron chi connectivity index (χ3n) is 4.32. The summed E-state index contributed by atoms with van der Waals surface area (Å²) in [5, 5.41) is 6.55. The van der Waals surface area contributed by atoms with Crippen LogP contribution in [-0.4, -0.2) is 23.1 Å². The largest absolute Gasteiger partial charge is 0.495 e. The Hall–Kier alpha value is -3.36. The van der Waals surface area contributed by atoms with Crippen LogP contribution in [0.3, 0.4) is 0 Å². The Labute approximate surface area is 181 Å². The molecule has 8 heteroatoms. The van der Waals surface area contributed by atoms with Gasteiger partial charge in [0.2, 0.25) is 0 Å². The molecular weight excluding hydrogens is 421 g/mol. The van der Waals surface area contributed by atoms with Crippen LogP contribution in [0.15, 0.2) is 66.7 Å². The summed E-state index contributed by atoms with van der Waals surface area (Å²) in [7, 11) is 1.55. The second kappa shape index (κ2) is 8.56. The van der Waals surface area contributed by atoms with E-state index < -0.39 is 11.7 Å². The summed E-state index contributed by atoms with van der Waals surface area (Å²) in [5.74, 6) is -0.282. The van der Waals surface area contributed by atoms with Gasteiger partial charge in [-0.15, -0.1) is 11.3 Å². The molecule has 0 aliphatic rings. The predicted octanol–water partition coefficient (Wildman–Crippen LogP) is 5.24. The fourth-order valence-electron chi connectivity index (χ4n) is 2.86. The molecule has 0 saturated carbocycles. The Morgan fingerprint density at radius 2 is 1.87 bits per heavy atom. The molecule has 0 saturated heterocycles. The van der Waals surface area contributed by atoms with E-state index in [4.69, 9.17) is 17.0 Å². The van der Waals surface area contributed by atoms with Gasteiger partial charge in [0.15, 0.2) is 5.11 Å². The predicted molar refractivity (Wildman–Crippen MR) is 122 cm³/mol. The lowest BCUT2D eigenvalue weighted by Crippen LogP contribution is -2.34. The van der Waals surface area contributed by atoms with Gasteiger partial charge in [-0.25, -0.2) is 9.37 Å². The second-order valence-electron chi connectivity index (χ2n) is 6.32. The number of rotatable bonds is 4. The molecule has 2 N–H and O–H groups in total. The van der Waals surface area contributed by atoms with E-state index >= 15 is 0 Å². The summed E-state index contributed by atoms with van der Waals surface area (Å²) in [5.41, 5.74) is 2.73. The normalized spacial score (nSPS) is 10.6. The number of benzene rings is 3. The van der Waals surface area contributed by atoms with E-state index in [9.17, 15) is 9.18 Å². The highest BCUT2D eigenvalue weighted by Crippen LogP contribution is 2.34. The van der Waals surface area contributed by atoms with Crippen LogP contribution in [0.25, 0.3) is 20.8 Å². The molecule has 0 aliphatic carbocycles. The van der Waals surface area contributed by atoms with Gasteiger partial charge < -0.3 is 10.1 Å². The molecule has 0 spiro atoms. The number of methoxy groups -OCH3 is 1. The maximum Gasteiger partial charge on any atom is 0.257 e. The van der Waals surface area contributed by atoms with Gasteiger partial charge in [-0.3, -0.25) is 10.1 Å². The van der Waals surface area contributed by atoms with Crippen LogP contribution in [-0.2, 0) is 0 Å². The molecule has 1 aromatic heterocycles. The average Bonchev–Trinajstić information content (AvgIpc) is 3.18. The Bertz CT molecular complexity index is 1210. The minimum Gasteiger partial charge on any atom is -0.495 e. The van der Waals surface area contributed by atoms with Crippen LogP contribution >= 0.6 is 23.6 Å². The quantitative estimate of drug-likeness (QED) is 0.428. The molecule has 3 aromatic carbocycles. The van der Waals surface area contributed by atoms with E-state index in [0.717, 1.165) is 20.8 Å². The van der Waals surface area contributed by atoms with Gasteiger partial charge in [-0.2, -0.15) is 0 Å². The summed E-state index contributed by atoms with van der Waals surface area (Å²) >= 11 is 6.86. The highest BCUT2D eigenvalue weighted by Gasteiger charge is 2.13. The highest BCUT2D eigenvalue weighted by molar-refractivity contribution is 7.80. The number of carbonyl (C=O) groups excluding carboxylic acids is 1. The summed E-state index contributed by atoms with van der Waals surface area (Å²) in [6, 6.07) is 18.7. The van der Waals surface area contributed by atoms with Crippen molar-refractivity contribution < 1.29 is 13.9 Å². The molecule has 0 unspecified atom stereocenters. The topological polar surface area (TPSA) is 63.2 Å². The maximum absolute atomic E-state index is 13.0. The summed E-state index contributed by atoms with van der Waals surface area (Å²) in [6.07, 6.45) is 0. The Balaban J connectivity index is 1.55. The number of aromatic nitrogens is 1. The lowest BCUT2D eigenvalue weighted by molar-refractivity contribution is 0.0977. The number of para-hydroxylation sites is 1. The molecule has 4 aromatic rings. The van der Waals surface area contributed by atoms with Crippen LogP contribution < -0.4 is 15.4 Å². The van der Waals surface area contributed by atoms with Crippen molar-refractivity contribution in [3.8, 4) is 16.3 Å². The molecule has 0 fully saturated rings. The first kappa shape index (κ1) is 19.9. The van der Waals surface area contributed by atoms with Crippen LogP contribution in [0.2, 0.25) is 0 Å². The van der Waals surface area contributed by atoms with Crippen molar-refractivity contribution in [3.63, 3.8) is 0 Å². The lowest BCUT2D eigenvalue weighted by Gasteiger charge is -2.14. The van der Waals surface area contributed by atoms with Crippen LogP contribution in [0.1, 0.15) is 10.4 Å². The van der Waals surface area contributed by atoms with E-state index in [1.807, 2.05) is 42.5 Å². The van der Waals surface area contributed by atoms with Crippen molar-refractivity contribution >= 4 is 50.5 Å². The molecule has 5 nitrogen and oxygen atoms in total. The SMILES string of the molecule is COc1ccc(-c2nc3ccccc3s2)cc1NC(=S)NC(=O)c1ccc(F)cc1. The zero-order valence-electron chi connectivity index (χ0n) is 15.8. The second-order valence-corrected chi connectivity index (χ2v) is 7.76. The fraction of sp³-hybridized carbons (Fsp3) is 0.0455. The molecule has 4 rings (SSSR count). The fourth-order valence-corrected chi connectivity index (χ4v) is 4.03. The number of thiazole rings is 1. The number of hydrogen-bond acceptors (Lipinski definition) is 5. The number of amides is 1. The van der Waals surface area contributed by atoms with E-state index in [2.05, 4.69) is 15.6 Å². The van der Waals surface area contributed by atoms with Crippen molar-refractivity contribution in [1.82, 2.24) is 10.3 Å². The van der Waals surface area contributed by atoms with Crippen molar-refractivity contribution in [1.29, 1.82) is 0 Å². The third kappa shape index (κ3) is 4.29. The molecular formula is C22H16FN3O2S2. The molecule has 0 aliphatic heterocycles. The summed E-state index contributed by atoms with van der Waals surface area (Å²) in [6.45, 7) is 0. The Morgan fingerprint density at radius 1 is 1.10 bits per heavy atom. The Morgan fingerprint density at radius 3 is 2.60 bits per heavy atom. The van der Waals surface area contributed by atoms with Crippen LogP contribution in [0.5, 0.6) is 5.75 Å². The first-order chi connectivity index (χ1) is 14.5. The summed E-state index contributed by atoms with van der Waals surface area (Å²) < 4.78 is 19.5. The standard InChI is InChI=1S/C22H16FN3O2S2/c1-28-18-11-8-14(21-24-16-4-2-3-5-19(16)30-21)12-17(18)25-22(29)26-20(27)13-6-9-15(23)10-7-13/h2-12H,1H3,(H2,25,26,27,29). The summed E-state index contributed by atoms with van der Waals surface area (Å²) in [4.78, 5) is 17.0. The van der Waals surface area contributed by atoms with Crippen LogP contribution in [0.4, 0.5) is 10.1 Å². The van der Waals surface area contributed by atoms with Crippen LogP contribution in [0, 0.1) is 5.82 Å². The van der Waals surface area contributed by atoms with E-state index in [1.54, 1.807) is 18.4 Å². The molecule has 0 atom stereocenters. The lowest BCUT2D eigenvalue weighted by atomic mass is 10.2. The number of fused-ring (bicyclic) bond motifs is 1. The van der Waals surface area contributed by atoms with Gasteiger partial charge in [0, 0.05) is 11.1 Å². The Kier molecular flexibility index (Phi) is 5.69. The highest BCUT2D eigenvalue weighted by atomic mass is 32.1. The van der Waals surface area contributed by atoms with Crippen molar-refractivity contribution in [2.75, 3.05) is 12.4 Å². The van der Waals surface area contributed by atoms with Crippen molar-refractivity contribution in [2.45, 2.75) is 0 Å². The number of nitrogens with one attached hydrogen (secondary N) is 2.